The summed E-state index contributed by atoms with van der Waals surface area (Å²) >= 11 is 0. The fourth-order valence-corrected chi connectivity index (χ4v) is 2.13. The molecular weight excluding hydrogens is 178 g/mol. The molecule has 2 unspecified atom stereocenters. The van der Waals surface area contributed by atoms with Gasteiger partial charge in [0, 0.05) is 19.1 Å². The van der Waals surface area contributed by atoms with E-state index < -0.39 is 0 Å². The fourth-order valence-electron chi connectivity index (χ4n) is 2.13. The second-order valence-electron chi connectivity index (χ2n) is 4.24. The molecule has 80 valence electrons. The van der Waals surface area contributed by atoms with Crippen molar-refractivity contribution < 1.29 is 5.11 Å². The van der Waals surface area contributed by atoms with Gasteiger partial charge in [-0.3, -0.25) is 4.99 Å². The topological polar surface area (TPSA) is 47.9 Å². The SMILES string of the molecule is CC1CCCCN1C1=NCC(O)CN1. The van der Waals surface area contributed by atoms with E-state index in [1.54, 1.807) is 0 Å². The molecule has 0 amide bonds. The Labute approximate surface area is 85.0 Å². The van der Waals surface area contributed by atoms with Gasteiger partial charge in [-0.1, -0.05) is 0 Å². The van der Waals surface area contributed by atoms with Gasteiger partial charge in [-0.15, -0.1) is 0 Å². The molecule has 0 spiro atoms. The Kier molecular flexibility index (Phi) is 2.91. The van der Waals surface area contributed by atoms with Crippen LogP contribution in [-0.2, 0) is 0 Å². The van der Waals surface area contributed by atoms with Gasteiger partial charge in [-0.2, -0.15) is 0 Å². The molecule has 0 aromatic heterocycles. The number of hydrogen-bond donors (Lipinski definition) is 2. The second-order valence-corrected chi connectivity index (χ2v) is 4.24. The van der Waals surface area contributed by atoms with Crippen LogP contribution in [0.25, 0.3) is 0 Å². The highest BCUT2D eigenvalue weighted by atomic mass is 16.3. The minimum atomic E-state index is -0.307. The molecule has 2 aliphatic heterocycles. The zero-order chi connectivity index (χ0) is 9.97. The van der Waals surface area contributed by atoms with E-state index in [0.717, 1.165) is 12.5 Å². The first kappa shape index (κ1) is 9.77. The number of nitrogens with zero attached hydrogens (tertiary/aromatic N) is 2. The largest absolute Gasteiger partial charge is 0.389 e. The summed E-state index contributed by atoms with van der Waals surface area (Å²) in [5, 5.41) is 12.5. The van der Waals surface area contributed by atoms with E-state index in [-0.39, 0.29) is 6.10 Å². The molecule has 0 saturated carbocycles. The number of aliphatic imine (C=N–C) groups is 1. The molecule has 14 heavy (non-hydrogen) atoms. The molecule has 2 rings (SSSR count). The molecule has 4 nitrogen and oxygen atoms in total. The molecule has 0 aromatic rings. The van der Waals surface area contributed by atoms with Crippen LogP contribution in [-0.4, -0.2) is 47.7 Å². The van der Waals surface area contributed by atoms with Crippen molar-refractivity contribution in [1.82, 2.24) is 10.2 Å². The number of piperidine rings is 1. The number of guanidine groups is 1. The van der Waals surface area contributed by atoms with Crippen molar-refractivity contribution in [2.45, 2.75) is 38.3 Å². The first-order valence-electron chi connectivity index (χ1n) is 5.50. The van der Waals surface area contributed by atoms with E-state index in [4.69, 9.17) is 0 Å². The van der Waals surface area contributed by atoms with E-state index in [1.165, 1.54) is 19.3 Å². The Morgan fingerprint density at radius 1 is 1.50 bits per heavy atom. The number of aliphatic hydroxyl groups is 1. The van der Waals surface area contributed by atoms with Gasteiger partial charge in [0.2, 0.25) is 0 Å². The zero-order valence-electron chi connectivity index (χ0n) is 8.74. The maximum atomic E-state index is 9.30. The Bertz CT molecular complexity index is 229. The summed E-state index contributed by atoms with van der Waals surface area (Å²) in [6, 6.07) is 0.588. The lowest BCUT2D eigenvalue weighted by atomic mass is 10.0. The molecule has 2 atom stereocenters. The van der Waals surface area contributed by atoms with Crippen LogP contribution >= 0.6 is 0 Å². The summed E-state index contributed by atoms with van der Waals surface area (Å²) in [7, 11) is 0. The number of β-amino-alcohol motifs (C(OH)–C–C–N with tert-alkyl or cyclic N) is 1. The molecule has 2 heterocycles. The maximum absolute atomic E-state index is 9.30. The lowest BCUT2D eigenvalue weighted by Crippen LogP contribution is -2.52. The third-order valence-corrected chi connectivity index (χ3v) is 3.02. The van der Waals surface area contributed by atoms with Gasteiger partial charge < -0.3 is 15.3 Å². The summed E-state index contributed by atoms with van der Waals surface area (Å²) in [4.78, 5) is 6.69. The van der Waals surface area contributed by atoms with Crippen LogP contribution in [0.15, 0.2) is 4.99 Å². The van der Waals surface area contributed by atoms with Crippen LogP contribution in [0.4, 0.5) is 0 Å². The number of nitrogens with one attached hydrogen (secondary N) is 1. The van der Waals surface area contributed by atoms with Crippen LogP contribution < -0.4 is 5.32 Å². The van der Waals surface area contributed by atoms with Crippen LogP contribution in [0.3, 0.4) is 0 Å². The smallest absolute Gasteiger partial charge is 0.194 e. The van der Waals surface area contributed by atoms with E-state index in [0.29, 0.717) is 19.1 Å². The van der Waals surface area contributed by atoms with Crippen molar-refractivity contribution in [2.75, 3.05) is 19.6 Å². The molecule has 0 radical (unpaired) electrons. The van der Waals surface area contributed by atoms with Gasteiger partial charge in [-0.25, -0.2) is 0 Å². The Morgan fingerprint density at radius 3 is 3.00 bits per heavy atom. The standard InChI is InChI=1S/C10H19N3O/c1-8-4-2-3-5-13(8)10-11-6-9(14)7-12-10/h8-9,14H,2-7H2,1H3,(H,11,12). The van der Waals surface area contributed by atoms with Gasteiger partial charge in [0.15, 0.2) is 5.96 Å². The first-order chi connectivity index (χ1) is 6.77. The van der Waals surface area contributed by atoms with Gasteiger partial charge in [0.25, 0.3) is 0 Å². The normalized spacial score (nSPS) is 33.6. The molecule has 2 aliphatic rings. The highest BCUT2D eigenvalue weighted by molar-refractivity contribution is 5.81. The summed E-state index contributed by atoms with van der Waals surface area (Å²) in [6.07, 6.45) is 3.53. The van der Waals surface area contributed by atoms with Gasteiger partial charge >= 0.3 is 0 Å². The number of likely N-dealkylation sites (tertiary alicyclic amines) is 1. The highest BCUT2D eigenvalue weighted by Crippen LogP contribution is 2.16. The minimum absolute atomic E-state index is 0.307. The predicted molar refractivity (Wildman–Crippen MR) is 56.3 cm³/mol. The predicted octanol–water partition coefficient (Wildman–Crippen LogP) is 0.181. The van der Waals surface area contributed by atoms with Crippen LogP contribution in [0.5, 0.6) is 0 Å². The van der Waals surface area contributed by atoms with Crippen LogP contribution in [0.1, 0.15) is 26.2 Å². The van der Waals surface area contributed by atoms with Crippen molar-refractivity contribution in [3.63, 3.8) is 0 Å². The van der Waals surface area contributed by atoms with Gasteiger partial charge in [0.05, 0.1) is 12.6 Å². The summed E-state index contributed by atoms with van der Waals surface area (Å²) in [5.74, 6) is 0.988. The minimum Gasteiger partial charge on any atom is -0.389 e. The highest BCUT2D eigenvalue weighted by Gasteiger charge is 2.23. The van der Waals surface area contributed by atoms with Gasteiger partial charge in [-0.05, 0) is 26.2 Å². The van der Waals surface area contributed by atoms with Crippen molar-refractivity contribution >= 4 is 5.96 Å². The van der Waals surface area contributed by atoms with Crippen LogP contribution in [0, 0.1) is 0 Å². The van der Waals surface area contributed by atoms with E-state index in [2.05, 4.69) is 22.1 Å². The number of aliphatic hydroxyl groups excluding tert-OH is 1. The first-order valence-corrected chi connectivity index (χ1v) is 5.50. The molecule has 4 heteroatoms. The molecular formula is C10H19N3O. The van der Waals surface area contributed by atoms with Gasteiger partial charge in [0.1, 0.15) is 0 Å². The monoisotopic (exact) mass is 197 g/mol. The molecule has 2 N–H and O–H groups in total. The molecule has 0 aliphatic carbocycles. The lowest BCUT2D eigenvalue weighted by Gasteiger charge is -2.37. The van der Waals surface area contributed by atoms with Crippen molar-refractivity contribution in [2.24, 2.45) is 4.99 Å². The molecule has 0 bridgehead atoms. The van der Waals surface area contributed by atoms with Crippen molar-refractivity contribution in [3.8, 4) is 0 Å². The quantitative estimate of drug-likeness (QED) is 0.582. The number of rotatable bonds is 0. The van der Waals surface area contributed by atoms with E-state index in [1.807, 2.05) is 0 Å². The number of hydrogen-bond acceptors (Lipinski definition) is 4. The third-order valence-electron chi connectivity index (χ3n) is 3.02. The Balaban J connectivity index is 1.99. The zero-order valence-corrected chi connectivity index (χ0v) is 8.74. The lowest BCUT2D eigenvalue weighted by molar-refractivity contribution is 0.171. The molecule has 0 aromatic carbocycles. The average Bonchev–Trinajstić information content (AvgIpc) is 2.20. The Hall–Kier alpha value is -0.770. The average molecular weight is 197 g/mol. The van der Waals surface area contributed by atoms with E-state index >= 15 is 0 Å². The van der Waals surface area contributed by atoms with Crippen molar-refractivity contribution in [3.05, 3.63) is 0 Å². The summed E-state index contributed by atoms with van der Waals surface area (Å²) < 4.78 is 0. The molecule has 1 saturated heterocycles. The third kappa shape index (κ3) is 2.00. The summed E-state index contributed by atoms with van der Waals surface area (Å²) in [6.45, 7) is 4.53. The second kappa shape index (κ2) is 4.17. The van der Waals surface area contributed by atoms with Crippen molar-refractivity contribution in [1.29, 1.82) is 0 Å². The maximum Gasteiger partial charge on any atom is 0.194 e. The molecule has 1 fully saturated rings. The fraction of sp³-hybridized carbons (Fsp3) is 0.900. The van der Waals surface area contributed by atoms with E-state index in [9.17, 15) is 5.11 Å². The van der Waals surface area contributed by atoms with Crippen LogP contribution in [0.2, 0.25) is 0 Å². The Morgan fingerprint density at radius 2 is 2.36 bits per heavy atom. The summed E-state index contributed by atoms with van der Waals surface area (Å²) in [5.41, 5.74) is 0.